The molecule has 0 aliphatic carbocycles. The molecule has 174 valence electrons. The summed E-state index contributed by atoms with van der Waals surface area (Å²) in [6.45, 7) is 2.94. The lowest BCUT2D eigenvalue weighted by Crippen LogP contribution is -2.52. The van der Waals surface area contributed by atoms with E-state index < -0.39 is 15.3 Å². The molecule has 0 N–H and O–H groups in total. The number of nitrogens with zero attached hydrogens (tertiary/aromatic N) is 6. The lowest BCUT2D eigenvalue weighted by molar-refractivity contribution is -0.131. The third-order valence-electron chi connectivity index (χ3n) is 5.32. The first-order chi connectivity index (χ1) is 15.9. The molecule has 1 saturated heterocycles. The first kappa shape index (κ1) is 23.2. The van der Waals surface area contributed by atoms with Crippen molar-refractivity contribution >= 4 is 27.7 Å². The molecule has 1 aliphatic rings. The Labute approximate surface area is 196 Å². The van der Waals surface area contributed by atoms with E-state index in [9.17, 15) is 13.2 Å². The van der Waals surface area contributed by atoms with Crippen LogP contribution in [0.2, 0.25) is 0 Å². The number of tetrazole rings is 1. The van der Waals surface area contributed by atoms with Crippen LogP contribution in [-0.2, 0) is 14.8 Å². The zero-order valence-electron chi connectivity index (χ0n) is 18.2. The first-order valence-corrected chi connectivity index (χ1v) is 12.7. The van der Waals surface area contributed by atoms with E-state index in [1.54, 1.807) is 49.3 Å². The molecule has 1 atom stereocenters. The second-order valence-electron chi connectivity index (χ2n) is 7.35. The molecule has 1 aliphatic heterocycles. The summed E-state index contributed by atoms with van der Waals surface area (Å²) < 4.78 is 34.0. The zero-order valence-corrected chi connectivity index (χ0v) is 19.9. The third-order valence-corrected chi connectivity index (χ3v) is 8.25. The fraction of sp³-hybridized carbons (Fsp3) is 0.333. The van der Waals surface area contributed by atoms with E-state index in [-0.39, 0.29) is 23.9 Å². The molecule has 4 rings (SSSR count). The van der Waals surface area contributed by atoms with Crippen LogP contribution in [0.3, 0.4) is 0 Å². The van der Waals surface area contributed by atoms with E-state index in [4.69, 9.17) is 4.74 Å². The van der Waals surface area contributed by atoms with Gasteiger partial charge in [0.2, 0.25) is 21.1 Å². The number of aromatic nitrogens is 4. The number of hydrogen-bond donors (Lipinski definition) is 0. The van der Waals surface area contributed by atoms with Gasteiger partial charge in [-0.2, -0.15) is 8.99 Å². The summed E-state index contributed by atoms with van der Waals surface area (Å²) >= 11 is 1.24. The van der Waals surface area contributed by atoms with Crippen molar-refractivity contribution in [2.45, 2.75) is 22.2 Å². The van der Waals surface area contributed by atoms with Crippen LogP contribution in [0.15, 0.2) is 64.6 Å². The molecule has 1 aromatic heterocycles. The molecule has 2 heterocycles. The Morgan fingerprint density at radius 3 is 2.39 bits per heavy atom. The topological polar surface area (TPSA) is 111 Å². The summed E-state index contributed by atoms with van der Waals surface area (Å²) in [5, 5.41) is 11.9. The van der Waals surface area contributed by atoms with Crippen molar-refractivity contribution in [2.24, 2.45) is 0 Å². The second-order valence-corrected chi connectivity index (χ2v) is 10.6. The largest absolute Gasteiger partial charge is 0.494 e. The van der Waals surface area contributed by atoms with Crippen LogP contribution in [0.25, 0.3) is 5.69 Å². The fourth-order valence-corrected chi connectivity index (χ4v) is 5.89. The Morgan fingerprint density at radius 1 is 1.03 bits per heavy atom. The predicted molar refractivity (Wildman–Crippen MR) is 123 cm³/mol. The lowest BCUT2D eigenvalue weighted by Gasteiger charge is -2.35. The van der Waals surface area contributed by atoms with Gasteiger partial charge in [-0.3, -0.25) is 4.79 Å². The van der Waals surface area contributed by atoms with Gasteiger partial charge in [0.15, 0.2) is 0 Å². The number of hydrogen-bond acceptors (Lipinski definition) is 8. The van der Waals surface area contributed by atoms with Gasteiger partial charge in [-0.25, -0.2) is 8.42 Å². The monoisotopic (exact) mass is 488 g/mol. The number of para-hydroxylation sites is 2. The molecule has 10 nitrogen and oxygen atoms in total. The molecule has 1 fully saturated rings. The van der Waals surface area contributed by atoms with Crippen molar-refractivity contribution in [1.82, 2.24) is 29.4 Å². The van der Waals surface area contributed by atoms with Crippen LogP contribution in [0.4, 0.5) is 0 Å². The van der Waals surface area contributed by atoms with Crippen molar-refractivity contribution in [2.75, 3.05) is 33.3 Å². The summed E-state index contributed by atoms with van der Waals surface area (Å²) in [4.78, 5) is 15.0. The smallest absolute Gasteiger partial charge is 0.243 e. The highest BCUT2D eigenvalue weighted by atomic mass is 32.2. The van der Waals surface area contributed by atoms with Gasteiger partial charge in [-0.1, -0.05) is 42.1 Å². The van der Waals surface area contributed by atoms with Crippen LogP contribution >= 0.6 is 11.8 Å². The minimum absolute atomic E-state index is 0.0914. The van der Waals surface area contributed by atoms with Crippen molar-refractivity contribution in [1.29, 1.82) is 0 Å². The molecular weight excluding hydrogens is 464 g/mol. The van der Waals surface area contributed by atoms with Gasteiger partial charge in [0.05, 0.1) is 17.3 Å². The van der Waals surface area contributed by atoms with Gasteiger partial charge in [0.1, 0.15) is 11.4 Å². The zero-order chi connectivity index (χ0) is 23.4. The maximum absolute atomic E-state index is 13.1. The second kappa shape index (κ2) is 9.89. The number of sulfonamides is 1. The van der Waals surface area contributed by atoms with Crippen LogP contribution in [0.5, 0.6) is 5.75 Å². The highest BCUT2D eigenvalue weighted by Gasteiger charge is 2.32. The third kappa shape index (κ3) is 4.87. The molecule has 0 saturated carbocycles. The van der Waals surface area contributed by atoms with Gasteiger partial charge in [0, 0.05) is 26.2 Å². The summed E-state index contributed by atoms with van der Waals surface area (Å²) in [5.74, 6) is 0.521. The average Bonchev–Trinajstić information content (AvgIpc) is 3.32. The number of ether oxygens (including phenoxy) is 1. The minimum Gasteiger partial charge on any atom is -0.494 e. The average molecular weight is 489 g/mol. The normalized spacial score (nSPS) is 15.9. The van der Waals surface area contributed by atoms with Crippen LogP contribution in [-0.4, -0.2) is 82.3 Å². The molecular formula is C21H24N6O4S2. The van der Waals surface area contributed by atoms with Gasteiger partial charge < -0.3 is 9.64 Å². The fourth-order valence-electron chi connectivity index (χ4n) is 3.56. The number of thioether (sulfide) groups is 1. The number of carbonyl (C=O) groups is 1. The van der Waals surface area contributed by atoms with Crippen LogP contribution < -0.4 is 4.74 Å². The molecule has 0 radical (unpaired) electrons. The number of amides is 1. The maximum atomic E-state index is 13.1. The SMILES string of the molecule is COc1ccccc1-n1nnnc1S[C@H](C)C(=O)N1CCN(S(=O)(=O)c2ccccc2)CC1. The highest BCUT2D eigenvalue weighted by Crippen LogP contribution is 2.28. The van der Waals surface area contributed by atoms with Gasteiger partial charge in [-0.05, 0) is 41.6 Å². The van der Waals surface area contributed by atoms with Crippen molar-refractivity contribution in [3.8, 4) is 11.4 Å². The number of rotatable bonds is 7. The maximum Gasteiger partial charge on any atom is 0.243 e. The predicted octanol–water partition coefficient (Wildman–Crippen LogP) is 1.68. The first-order valence-electron chi connectivity index (χ1n) is 10.3. The Balaban J connectivity index is 1.40. The van der Waals surface area contributed by atoms with Crippen LogP contribution in [0.1, 0.15) is 6.92 Å². The molecule has 12 heteroatoms. The molecule has 0 unspecified atom stereocenters. The Bertz CT molecular complexity index is 1210. The quantitative estimate of drug-likeness (QED) is 0.462. The Hall–Kier alpha value is -2.96. The number of methoxy groups -OCH3 is 1. The van der Waals surface area contributed by atoms with Gasteiger partial charge >= 0.3 is 0 Å². The lowest BCUT2D eigenvalue weighted by atomic mass is 10.3. The molecule has 3 aromatic rings. The molecule has 33 heavy (non-hydrogen) atoms. The summed E-state index contributed by atoms with van der Waals surface area (Å²) in [6, 6.07) is 15.7. The number of benzene rings is 2. The minimum atomic E-state index is -3.57. The molecule has 2 aromatic carbocycles. The summed E-state index contributed by atoms with van der Waals surface area (Å²) in [5.41, 5.74) is 0.673. The number of carbonyl (C=O) groups excluding carboxylic acids is 1. The van der Waals surface area contributed by atoms with Crippen molar-refractivity contribution < 1.29 is 17.9 Å². The highest BCUT2D eigenvalue weighted by molar-refractivity contribution is 8.00. The Kier molecular flexibility index (Phi) is 6.96. The molecule has 1 amide bonds. The van der Waals surface area contributed by atoms with Crippen molar-refractivity contribution in [3.05, 3.63) is 54.6 Å². The van der Waals surface area contributed by atoms with Gasteiger partial charge in [0.25, 0.3) is 0 Å². The number of piperazine rings is 1. The standard InChI is InChI=1S/C21H24N6O4S2/c1-16(32-21-22-23-24-27(21)18-10-6-7-11-19(18)31-2)20(28)25-12-14-26(15-13-25)33(29,30)17-8-4-3-5-9-17/h3-11,16H,12-15H2,1-2H3/t16-/m1/s1. The van der Waals surface area contributed by atoms with Crippen molar-refractivity contribution in [3.63, 3.8) is 0 Å². The van der Waals surface area contributed by atoms with E-state index in [1.165, 1.54) is 20.7 Å². The van der Waals surface area contributed by atoms with E-state index in [2.05, 4.69) is 15.5 Å². The van der Waals surface area contributed by atoms with Gasteiger partial charge in [-0.15, -0.1) is 5.10 Å². The van der Waals surface area contributed by atoms with E-state index >= 15 is 0 Å². The molecule has 0 bridgehead atoms. The van der Waals surface area contributed by atoms with E-state index in [1.807, 2.05) is 24.3 Å². The molecule has 0 spiro atoms. The Morgan fingerprint density at radius 2 is 1.70 bits per heavy atom. The van der Waals surface area contributed by atoms with E-state index in [0.717, 1.165) is 0 Å². The van der Waals surface area contributed by atoms with Crippen LogP contribution in [0, 0.1) is 0 Å². The van der Waals surface area contributed by atoms with E-state index in [0.29, 0.717) is 29.7 Å². The summed E-state index contributed by atoms with van der Waals surface area (Å²) in [7, 11) is -2.00. The summed E-state index contributed by atoms with van der Waals surface area (Å²) in [6.07, 6.45) is 0.